The summed E-state index contributed by atoms with van der Waals surface area (Å²) in [6.07, 6.45) is 8.10. The van der Waals surface area contributed by atoms with Gasteiger partial charge in [0.05, 0.1) is 18.8 Å². The van der Waals surface area contributed by atoms with E-state index in [0.29, 0.717) is 37.5 Å². The van der Waals surface area contributed by atoms with E-state index in [1.54, 1.807) is 0 Å². The molecule has 28 heavy (non-hydrogen) atoms. The highest BCUT2D eigenvalue weighted by Gasteiger charge is 2.40. The third kappa shape index (κ3) is 4.22. The maximum atomic E-state index is 11.7. The van der Waals surface area contributed by atoms with Crippen molar-refractivity contribution in [2.45, 2.75) is 88.8 Å². The van der Waals surface area contributed by atoms with Crippen molar-refractivity contribution < 1.29 is 14.6 Å². The van der Waals surface area contributed by atoms with Crippen LogP contribution in [0.5, 0.6) is 0 Å². The molecule has 2 N–H and O–H groups in total. The summed E-state index contributed by atoms with van der Waals surface area (Å²) < 4.78 is 7.88. The molecular formula is C20H33N5O3. The summed E-state index contributed by atoms with van der Waals surface area (Å²) in [5, 5.41) is 25.8. The Morgan fingerprint density at radius 1 is 1.21 bits per heavy atom. The van der Waals surface area contributed by atoms with Crippen LogP contribution in [0.3, 0.4) is 0 Å². The molecule has 3 fully saturated rings. The molecule has 2 aliphatic carbocycles. The van der Waals surface area contributed by atoms with E-state index in [1.165, 1.54) is 0 Å². The Kier molecular flexibility index (Phi) is 6.25. The monoisotopic (exact) mass is 391 g/mol. The Labute approximate surface area is 166 Å². The molecule has 2 saturated carbocycles. The first kappa shape index (κ1) is 19.8. The summed E-state index contributed by atoms with van der Waals surface area (Å²) in [4.78, 5) is 11.7. The molecule has 4 unspecified atom stereocenters. The van der Waals surface area contributed by atoms with Crippen LogP contribution in [-0.2, 0) is 9.53 Å². The number of aliphatic hydroxyl groups excluding tert-OH is 1. The number of rotatable bonds is 6. The molecule has 1 saturated heterocycles. The lowest BCUT2D eigenvalue weighted by molar-refractivity contribution is -0.125. The molecule has 2 heterocycles. The Morgan fingerprint density at radius 3 is 2.82 bits per heavy atom. The fourth-order valence-electron chi connectivity index (χ4n) is 5.44. The maximum absolute atomic E-state index is 11.7. The average molecular weight is 392 g/mol. The van der Waals surface area contributed by atoms with Gasteiger partial charge in [0, 0.05) is 25.0 Å². The second-order valence-electron chi connectivity index (χ2n) is 8.76. The van der Waals surface area contributed by atoms with Crippen LogP contribution in [0.25, 0.3) is 0 Å². The molecule has 8 heteroatoms. The van der Waals surface area contributed by atoms with Crippen LogP contribution >= 0.6 is 0 Å². The van der Waals surface area contributed by atoms with E-state index in [4.69, 9.17) is 4.74 Å². The summed E-state index contributed by atoms with van der Waals surface area (Å²) >= 11 is 0. The molecule has 0 aromatic carbocycles. The van der Waals surface area contributed by atoms with Crippen molar-refractivity contribution in [2.75, 3.05) is 13.2 Å². The molecular weight excluding hydrogens is 358 g/mol. The van der Waals surface area contributed by atoms with Gasteiger partial charge in [0.2, 0.25) is 5.91 Å². The minimum atomic E-state index is -0.188. The summed E-state index contributed by atoms with van der Waals surface area (Å²) in [5.41, 5.74) is 0. The van der Waals surface area contributed by atoms with Crippen LogP contribution in [0.2, 0.25) is 0 Å². The first-order chi connectivity index (χ1) is 13.7. The summed E-state index contributed by atoms with van der Waals surface area (Å²) in [5.74, 6) is 2.35. The number of nitrogens with zero attached hydrogens (tertiary/aromatic N) is 4. The van der Waals surface area contributed by atoms with E-state index in [1.807, 2.05) is 11.6 Å². The van der Waals surface area contributed by atoms with E-state index in [9.17, 15) is 9.90 Å². The van der Waals surface area contributed by atoms with Crippen LogP contribution in [-0.4, -0.2) is 56.6 Å². The van der Waals surface area contributed by atoms with Crippen molar-refractivity contribution in [3.63, 3.8) is 0 Å². The van der Waals surface area contributed by atoms with E-state index < -0.39 is 0 Å². The zero-order chi connectivity index (χ0) is 19.5. The van der Waals surface area contributed by atoms with Gasteiger partial charge in [0.1, 0.15) is 0 Å². The second kappa shape index (κ2) is 8.86. The minimum absolute atomic E-state index is 0.181. The molecule has 0 radical (unpaired) electrons. The molecule has 0 spiro atoms. The number of aromatic nitrogens is 4. The molecule has 1 amide bonds. The fourth-order valence-corrected chi connectivity index (χ4v) is 5.44. The quantitative estimate of drug-likeness (QED) is 0.769. The van der Waals surface area contributed by atoms with E-state index in [-0.39, 0.29) is 24.0 Å². The van der Waals surface area contributed by atoms with Gasteiger partial charge >= 0.3 is 0 Å². The Hall–Kier alpha value is -1.54. The highest BCUT2D eigenvalue weighted by Crippen LogP contribution is 2.42. The smallest absolute Gasteiger partial charge is 0.220 e. The van der Waals surface area contributed by atoms with Gasteiger partial charge in [-0.3, -0.25) is 4.79 Å². The van der Waals surface area contributed by atoms with Crippen molar-refractivity contribution in [1.29, 1.82) is 0 Å². The van der Waals surface area contributed by atoms with Crippen LogP contribution in [0.1, 0.15) is 82.5 Å². The third-order valence-corrected chi connectivity index (χ3v) is 7.04. The predicted molar refractivity (Wildman–Crippen MR) is 103 cm³/mol. The number of ether oxygens (including phenoxy) is 1. The number of piperidine rings is 1. The zero-order valence-corrected chi connectivity index (χ0v) is 16.8. The van der Waals surface area contributed by atoms with Gasteiger partial charge in [0.15, 0.2) is 5.82 Å². The minimum Gasteiger partial charge on any atom is -0.393 e. The highest BCUT2D eigenvalue weighted by molar-refractivity contribution is 5.77. The predicted octanol–water partition coefficient (Wildman–Crippen LogP) is 1.96. The number of aliphatic hydroxyl groups is 1. The SMILES string of the molecule is CCOCC(c1nnnn1C1CCC(O)CC1)C1CCC2NC(=O)CCC2C1. The van der Waals surface area contributed by atoms with E-state index in [2.05, 4.69) is 20.8 Å². The molecule has 156 valence electrons. The van der Waals surface area contributed by atoms with E-state index >= 15 is 0 Å². The van der Waals surface area contributed by atoms with Gasteiger partial charge in [-0.15, -0.1) is 5.10 Å². The van der Waals surface area contributed by atoms with E-state index in [0.717, 1.165) is 57.2 Å². The molecule has 3 aliphatic rings. The van der Waals surface area contributed by atoms with Crippen molar-refractivity contribution in [3.05, 3.63) is 5.82 Å². The van der Waals surface area contributed by atoms with Crippen molar-refractivity contribution >= 4 is 5.91 Å². The summed E-state index contributed by atoms with van der Waals surface area (Å²) in [7, 11) is 0. The van der Waals surface area contributed by atoms with Gasteiger partial charge in [0.25, 0.3) is 0 Å². The Morgan fingerprint density at radius 2 is 2.04 bits per heavy atom. The number of carbonyl (C=O) groups excluding carboxylic acids is 1. The lowest BCUT2D eigenvalue weighted by Gasteiger charge is -2.41. The molecule has 1 aromatic heterocycles. The largest absolute Gasteiger partial charge is 0.393 e. The van der Waals surface area contributed by atoms with Crippen LogP contribution in [0.4, 0.5) is 0 Å². The number of nitrogens with one attached hydrogen (secondary N) is 1. The van der Waals surface area contributed by atoms with Crippen molar-refractivity contribution in [2.24, 2.45) is 11.8 Å². The standard InChI is InChI=1S/C20H33N5O3/c1-2-28-12-17(13-3-9-18-14(11-13)4-10-19(27)21-18)20-22-23-24-25(20)15-5-7-16(26)8-6-15/h13-18,26H,2-12H2,1H3,(H,21,27). The third-order valence-electron chi connectivity index (χ3n) is 7.04. The van der Waals surface area contributed by atoms with Gasteiger partial charge in [-0.2, -0.15) is 0 Å². The van der Waals surface area contributed by atoms with Crippen LogP contribution < -0.4 is 5.32 Å². The van der Waals surface area contributed by atoms with Gasteiger partial charge < -0.3 is 15.2 Å². The molecule has 1 aliphatic heterocycles. The number of hydrogen-bond donors (Lipinski definition) is 2. The summed E-state index contributed by atoms with van der Waals surface area (Å²) in [6, 6.07) is 0.601. The summed E-state index contributed by atoms with van der Waals surface area (Å²) in [6.45, 7) is 3.35. The van der Waals surface area contributed by atoms with Crippen LogP contribution in [0.15, 0.2) is 0 Å². The first-order valence-corrected chi connectivity index (χ1v) is 11.0. The normalized spacial score (nSPS) is 34.5. The Bertz CT molecular complexity index is 658. The van der Waals surface area contributed by atoms with Gasteiger partial charge in [-0.25, -0.2) is 4.68 Å². The molecule has 4 atom stereocenters. The number of carbonyl (C=O) groups is 1. The molecule has 1 aromatic rings. The topological polar surface area (TPSA) is 102 Å². The van der Waals surface area contributed by atoms with Gasteiger partial charge in [-0.05, 0) is 80.6 Å². The molecule has 4 rings (SSSR count). The van der Waals surface area contributed by atoms with Gasteiger partial charge in [-0.1, -0.05) is 0 Å². The number of amides is 1. The number of hydrogen-bond acceptors (Lipinski definition) is 6. The molecule has 0 bridgehead atoms. The number of tetrazole rings is 1. The zero-order valence-electron chi connectivity index (χ0n) is 16.8. The molecule has 8 nitrogen and oxygen atoms in total. The second-order valence-corrected chi connectivity index (χ2v) is 8.76. The maximum Gasteiger partial charge on any atom is 0.220 e. The Balaban J connectivity index is 1.51. The van der Waals surface area contributed by atoms with Crippen LogP contribution in [0, 0.1) is 11.8 Å². The first-order valence-electron chi connectivity index (χ1n) is 11.0. The number of fused-ring (bicyclic) bond motifs is 1. The fraction of sp³-hybridized carbons (Fsp3) is 0.900. The lowest BCUT2D eigenvalue weighted by Crippen LogP contribution is -2.48. The highest BCUT2D eigenvalue weighted by atomic mass is 16.5. The average Bonchev–Trinajstić information content (AvgIpc) is 3.18. The van der Waals surface area contributed by atoms with Crippen molar-refractivity contribution in [1.82, 2.24) is 25.5 Å². The van der Waals surface area contributed by atoms with Crippen molar-refractivity contribution in [3.8, 4) is 0 Å². The lowest BCUT2D eigenvalue weighted by atomic mass is 9.70.